The number of hydrogen-bond acceptors (Lipinski definition) is 8. The molecule has 0 spiro atoms. The van der Waals surface area contributed by atoms with E-state index in [2.05, 4.69) is 8.76 Å². The van der Waals surface area contributed by atoms with Crippen molar-refractivity contribution in [1.29, 1.82) is 0 Å². The molecular formula is C28H20N4O8S2. The summed E-state index contributed by atoms with van der Waals surface area (Å²) < 4.78 is 59.6. The van der Waals surface area contributed by atoms with E-state index in [1.165, 1.54) is 0 Å². The fourth-order valence-electron chi connectivity index (χ4n) is 4.38. The maximum atomic E-state index is 13.5. The molecule has 0 bridgehead atoms. The third kappa shape index (κ3) is 5.58. The Hall–Kier alpha value is -5.05. The second-order valence-corrected chi connectivity index (χ2v) is 12.3. The topological polar surface area (TPSA) is 182 Å². The van der Waals surface area contributed by atoms with E-state index in [9.17, 15) is 37.4 Å². The first-order valence-electron chi connectivity index (χ1n) is 12.2. The van der Waals surface area contributed by atoms with Crippen molar-refractivity contribution >= 4 is 42.7 Å². The molecule has 2 atom stereocenters. The number of rotatable bonds is 8. The Morgan fingerprint density at radius 3 is 1.64 bits per heavy atom. The number of sulfonamides is 1. The fraction of sp³-hybridized carbons (Fsp3) is 0.0357. The van der Waals surface area contributed by atoms with E-state index in [4.69, 9.17) is 0 Å². The first-order valence-corrected chi connectivity index (χ1v) is 15.1. The number of non-ortho nitro benzene ring substituents is 2. The first-order chi connectivity index (χ1) is 20.0. The number of allylic oxidation sites excluding steroid dienone is 2. The molecule has 5 rings (SSSR count). The summed E-state index contributed by atoms with van der Waals surface area (Å²) in [5.41, 5.74) is 0.850. The molecule has 0 aromatic heterocycles. The highest BCUT2D eigenvalue weighted by Gasteiger charge is 2.41. The SMILES string of the molecule is O=[N+]([O-])c1ccc(S(=O)(=O)/N=C2/C(c3ccccc3)=C(N=S(=O)(O)c3ccc([N+](=O)[O-])cc3)C2c2ccccc2)cc1. The summed E-state index contributed by atoms with van der Waals surface area (Å²) in [6, 6.07) is 25.8. The molecule has 12 nitrogen and oxygen atoms in total. The molecule has 2 unspecified atom stereocenters. The van der Waals surface area contributed by atoms with Crippen LogP contribution in [-0.2, 0) is 20.0 Å². The lowest BCUT2D eigenvalue weighted by Gasteiger charge is -2.33. The highest BCUT2D eigenvalue weighted by molar-refractivity contribution is 7.90. The molecule has 1 N–H and O–H groups in total. The number of benzene rings is 4. The zero-order valence-electron chi connectivity index (χ0n) is 21.4. The molecule has 4 aromatic rings. The molecule has 4 aromatic carbocycles. The minimum absolute atomic E-state index is 0.0587. The van der Waals surface area contributed by atoms with Gasteiger partial charge in [-0.15, -0.1) is 0 Å². The van der Waals surface area contributed by atoms with Crippen LogP contribution in [0.2, 0.25) is 0 Å². The molecule has 0 saturated carbocycles. The van der Waals surface area contributed by atoms with Crippen LogP contribution in [0.4, 0.5) is 11.4 Å². The van der Waals surface area contributed by atoms with Gasteiger partial charge in [-0.3, -0.25) is 24.8 Å². The second-order valence-electron chi connectivity index (χ2n) is 9.01. The summed E-state index contributed by atoms with van der Waals surface area (Å²) in [7, 11) is -8.54. The summed E-state index contributed by atoms with van der Waals surface area (Å²) in [6.07, 6.45) is 0. The monoisotopic (exact) mass is 604 g/mol. The molecule has 0 heterocycles. The number of nitro groups is 2. The Bertz CT molecular complexity index is 1980. The van der Waals surface area contributed by atoms with E-state index in [-0.39, 0.29) is 38.1 Å². The van der Waals surface area contributed by atoms with Gasteiger partial charge in [-0.2, -0.15) is 17.2 Å². The van der Waals surface area contributed by atoms with Crippen LogP contribution in [0.1, 0.15) is 17.0 Å². The Morgan fingerprint density at radius 1 is 0.667 bits per heavy atom. The Balaban J connectivity index is 1.73. The average molecular weight is 605 g/mol. The van der Waals surface area contributed by atoms with Crippen molar-refractivity contribution in [3.05, 3.63) is 146 Å². The lowest BCUT2D eigenvalue weighted by atomic mass is 9.73. The summed E-state index contributed by atoms with van der Waals surface area (Å²) in [6.45, 7) is 0. The third-order valence-electron chi connectivity index (χ3n) is 6.40. The molecule has 0 saturated heterocycles. The molecule has 42 heavy (non-hydrogen) atoms. The van der Waals surface area contributed by atoms with Gasteiger partial charge in [0.1, 0.15) is 0 Å². The van der Waals surface area contributed by atoms with Gasteiger partial charge in [-0.25, -0.2) is 4.21 Å². The Kier molecular flexibility index (Phi) is 7.51. The van der Waals surface area contributed by atoms with E-state index < -0.39 is 35.8 Å². The van der Waals surface area contributed by atoms with E-state index in [1.807, 2.05) is 0 Å². The van der Waals surface area contributed by atoms with Crippen LogP contribution in [-0.4, -0.2) is 32.7 Å². The second kappa shape index (κ2) is 11.1. The molecule has 212 valence electrons. The van der Waals surface area contributed by atoms with Gasteiger partial charge < -0.3 is 0 Å². The van der Waals surface area contributed by atoms with Gasteiger partial charge in [-0.1, -0.05) is 60.7 Å². The van der Waals surface area contributed by atoms with Crippen molar-refractivity contribution in [2.24, 2.45) is 8.76 Å². The van der Waals surface area contributed by atoms with Crippen molar-refractivity contribution in [3.8, 4) is 0 Å². The summed E-state index contributed by atoms with van der Waals surface area (Å²) in [4.78, 5) is 20.3. The number of nitrogens with zero attached hydrogens (tertiary/aromatic N) is 4. The molecule has 14 heteroatoms. The maximum Gasteiger partial charge on any atom is 0.282 e. The fourth-order valence-corrected chi connectivity index (χ4v) is 6.48. The molecule has 0 amide bonds. The molecule has 1 aliphatic rings. The smallest absolute Gasteiger partial charge is 0.282 e. The Morgan fingerprint density at radius 2 is 1.14 bits per heavy atom. The molecule has 1 aliphatic carbocycles. The van der Waals surface area contributed by atoms with E-state index in [0.717, 1.165) is 48.5 Å². The number of hydrogen-bond donors (Lipinski definition) is 1. The van der Waals surface area contributed by atoms with Gasteiger partial charge in [0.05, 0.1) is 37.0 Å². The Labute approximate surface area is 240 Å². The van der Waals surface area contributed by atoms with Gasteiger partial charge in [0.25, 0.3) is 21.4 Å². The molecule has 0 aliphatic heterocycles. The van der Waals surface area contributed by atoms with Crippen LogP contribution < -0.4 is 0 Å². The third-order valence-corrected chi connectivity index (χ3v) is 9.03. The van der Waals surface area contributed by atoms with Crippen molar-refractivity contribution in [2.75, 3.05) is 0 Å². The first kappa shape index (κ1) is 28.5. The van der Waals surface area contributed by atoms with Gasteiger partial charge in [-0.05, 0) is 35.4 Å². The molecule has 0 radical (unpaired) electrons. The van der Waals surface area contributed by atoms with Crippen LogP contribution in [0, 0.1) is 20.2 Å². The van der Waals surface area contributed by atoms with Crippen molar-refractivity contribution in [3.63, 3.8) is 0 Å². The highest BCUT2D eigenvalue weighted by Crippen LogP contribution is 2.47. The highest BCUT2D eigenvalue weighted by atomic mass is 32.2. The van der Waals surface area contributed by atoms with Gasteiger partial charge in [0, 0.05) is 29.8 Å². The molecular weight excluding hydrogens is 584 g/mol. The predicted octanol–water partition coefficient (Wildman–Crippen LogP) is 5.84. The van der Waals surface area contributed by atoms with E-state index >= 15 is 0 Å². The lowest BCUT2D eigenvalue weighted by molar-refractivity contribution is -0.385. The van der Waals surface area contributed by atoms with Gasteiger partial charge in [0.2, 0.25) is 0 Å². The van der Waals surface area contributed by atoms with Gasteiger partial charge in [0.15, 0.2) is 10.0 Å². The lowest BCUT2D eigenvalue weighted by Crippen LogP contribution is -2.30. The standard InChI is InChI=1S/C28H20N4O8S2/c33-31(34)21-11-15-23(16-12-21)41(37,38)29-27-25(19-7-3-1-4-8-19)28(26(27)20-9-5-2-6-10-20)30-42(39,40)24-17-13-22(14-18-24)32(35)36/h1-18,25H,(H,29,37,38)/b30-28+. The zero-order valence-corrected chi connectivity index (χ0v) is 23.0. The van der Waals surface area contributed by atoms with Crippen LogP contribution in [0.5, 0.6) is 0 Å². The van der Waals surface area contributed by atoms with Gasteiger partial charge >= 0.3 is 0 Å². The quantitative estimate of drug-likeness (QED) is 0.192. The van der Waals surface area contributed by atoms with E-state index in [1.54, 1.807) is 60.7 Å². The largest absolute Gasteiger partial charge is 0.296 e. The maximum absolute atomic E-state index is 13.5. The average Bonchev–Trinajstić information content (AvgIpc) is 2.97. The van der Waals surface area contributed by atoms with Crippen molar-refractivity contribution in [1.82, 2.24) is 0 Å². The zero-order chi connectivity index (χ0) is 30.1. The summed E-state index contributed by atoms with van der Waals surface area (Å²) in [5, 5.41) is 22.1. The minimum atomic E-state index is -4.38. The summed E-state index contributed by atoms with van der Waals surface area (Å²) in [5.74, 6) is -0.930. The van der Waals surface area contributed by atoms with Crippen LogP contribution in [0.15, 0.2) is 133 Å². The van der Waals surface area contributed by atoms with Crippen LogP contribution >= 0.6 is 0 Å². The number of nitro benzene ring substituents is 2. The predicted molar refractivity (Wildman–Crippen MR) is 155 cm³/mol. The molecule has 0 fully saturated rings. The van der Waals surface area contributed by atoms with Crippen molar-refractivity contribution < 1.29 is 27.0 Å². The normalized spacial score (nSPS) is 17.3. The van der Waals surface area contributed by atoms with E-state index in [0.29, 0.717) is 11.1 Å². The minimum Gasteiger partial charge on any atom is -0.296 e. The van der Waals surface area contributed by atoms with Crippen LogP contribution in [0.25, 0.3) is 5.57 Å². The van der Waals surface area contributed by atoms with Crippen LogP contribution in [0.3, 0.4) is 0 Å². The van der Waals surface area contributed by atoms with Crippen molar-refractivity contribution in [2.45, 2.75) is 15.7 Å². The summed E-state index contributed by atoms with van der Waals surface area (Å²) >= 11 is 0.